The predicted octanol–water partition coefficient (Wildman–Crippen LogP) is -1.12. The Morgan fingerprint density at radius 2 is 1.67 bits per heavy atom. The average molecular weight is 198 g/mol. The van der Waals surface area contributed by atoms with E-state index in [0.29, 0.717) is 0 Å². The number of hydrogen-bond acceptors (Lipinski definition) is 2. The predicted molar refractivity (Wildman–Crippen MR) is 19.8 cm³/mol. The van der Waals surface area contributed by atoms with E-state index in [1.165, 1.54) is 0 Å². The van der Waals surface area contributed by atoms with E-state index in [-0.39, 0.29) is 30.1 Å². The maximum atomic E-state index is 8.44. The largest absolute Gasteiger partial charge is 0.565 e. The topological polar surface area (TPSA) is 96.9 Å². The molecule has 0 aliphatic heterocycles. The molecule has 0 unspecified atom stereocenters. The summed E-state index contributed by atoms with van der Waals surface area (Å²) in [7, 11) is 0. The van der Waals surface area contributed by atoms with Crippen LogP contribution in [0.2, 0.25) is 0 Å². The Labute approximate surface area is 51.7 Å². The molecule has 0 fully saturated rings. The normalized spacial score (nSPS) is 4.00. The number of rotatable bonds is 0. The molecule has 0 aromatic rings. The Kier molecular flexibility index (Phi) is 24.6. The molecule has 0 aromatic carbocycles. The molecule has 0 atom stereocenters. The summed E-state index contributed by atoms with van der Waals surface area (Å²) in [5.74, 6) is 0. The summed E-state index contributed by atoms with van der Waals surface area (Å²) >= 11 is 0. The van der Waals surface area contributed by atoms with Gasteiger partial charge in [0, 0.05) is 23.9 Å². The van der Waals surface area contributed by atoms with Crippen LogP contribution >= 0.6 is 0 Å². The van der Waals surface area contributed by atoms with Gasteiger partial charge in [0.25, 0.3) is 0 Å². The fourth-order valence-corrected chi connectivity index (χ4v) is 0. The average Bonchev–Trinajstić information content (AvgIpc) is 0.811. The van der Waals surface area contributed by atoms with E-state index in [1.807, 2.05) is 0 Å². The first-order chi connectivity index (χ1) is 1.73. The molecule has 0 heterocycles. The fourth-order valence-electron chi connectivity index (χ4n) is 0. The third kappa shape index (κ3) is 44900. The molecule has 0 spiro atoms. The van der Waals surface area contributed by atoms with Gasteiger partial charge in [0.05, 0.1) is 0 Å². The first kappa shape index (κ1) is 16.6. The van der Waals surface area contributed by atoms with Crippen LogP contribution in [0.25, 0.3) is 0 Å². The van der Waals surface area contributed by atoms with Gasteiger partial charge < -0.3 is 21.2 Å². The van der Waals surface area contributed by atoms with Gasteiger partial charge in [-0.15, -0.1) is 0 Å². The summed E-state index contributed by atoms with van der Waals surface area (Å²) in [5, 5.41) is 15.3. The monoisotopic (exact) mass is 199 g/mol. The molecular formula is CH5NO3Sn. The second kappa shape index (κ2) is 8.90. The quantitative estimate of drug-likeness (QED) is 0.482. The Morgan fingerprint density at radius 1 is 1.67 bits per heavy atom. The molecule has 0 aliphatic rings. The van der Waals surface area contributed by atoms with Crippen molar-refractivity contribution in [2.24, 2.45) is 0 Å². The van der Waals surface area contributed by atoms with Gasteiger partial charge in [0.15, 0.2) is 0 Å². The summed E-state index contributed by atoms with van der Waals surface area (Å²) in [5.41, 5.74) is 0. The molecule has 0 rings (SSSR count). The van der Waals surface area contributed by atoms with Crippen LogP contribution in [0.3, 0.4) is 0 Å². The molecule has 36 valence electrons. The first-order valence-corrected chi connectivity index (χ1v) is 0.632. The molecular weight excluding hydrogens is 193 g/mol. The zero-order valence-electron chi connectivity index (χ0n) is 3.26. The molecule has 0 saturated heterocycles. The minimum absolute atomic E-state index is 0. The smallest absolute Gasteiger partial charge is 0.249 e. The maximum absolute atomic E-state index is 8.44. The van der Waals surface area contributed by atoms with Gasteiger partial charge in [-0.1, -0.05) is 0 Å². The molecule has 4 radical (unpaired) electrons. The molecule has 0 aromatic heterocycles. The molecule has 0 aliphatic carbocycles. The van der Waals surface area contributed by atoms with Gasteiger partial charge in [-0.2, -0.15) is 0 Å². The van der Waals surface area contributed by atoms with Gasteiger partial charge in [-0.25, -0.2) is 0 Å². The van der Waals surface area contributed by atoms with Crippen molar-refractivity contribution >= 4 is 30.1 Å². The third-order valence-electron chi connectivity index (χ3n) is 0. The van der Waals surface area contributed by atoms with Crippen molar-refractivity contribution in [3.8, 4) is 0 Å². The second-order valence-electron chi connectivity index (χ2n) is 0.266. The number of carboxylic acid groups (broad SMARTS) is 2. The summed E-state index contributed by atoms with van der Waals surface area (Å²) < 4.78 is 0. The van der Waals surface area contributed by atoms with Crippen molar-refractivity contribution in [2.75, 3.05) is 0 Å². The van der Waals surface area contributed by atoms with Crippen molar-refractivity contribution in [1.29, 1.82) is 0 Å². The van der Waals surface area contributed by atoms with Crippen LogP contribution < -0.4 is 11.3 Å². The van der Waals surface area contributed by atoms with E-state index >= 15 is 0 Å². The zero-order valence-corrected chi connectivity index (χ0v) is 6.12. The molecule has 6 heavy (non-hydrogen) atoms. The summed E-state index contributed by atoms with van der Waals surface area (Å²) in [6.07, 6.45) is -2.08. The van der Waals surface area contributed by atoms with Crippen molar-refractivity contribution < 1.29 is 15.0 Å². The zero-order chi connectivity index (χ0) is 3.58. The van der Waals surface area contributed by atoms with Gasteiger partial charge in [-0.3, -0.25) is 0 Å². The van der Waals surface area contributed by atoms with E-state index in [2.05, 4.69) is 0 Å². The third-order valence-corrected chi connectivity index (χ3v) is 0. The molecule has 0 amide bonds. The van der Waals surface area contributed by atoms with E-state index in [4.69, 9.17) is 15.0 Å². The van der Waals surface area contributed by atoms with Crippen LogP contribution in [0.1, 0.15) is 0 Å². The van der Waals surface area contributed by atoms with Crippen molar-refractivity contribution in [2.45, 2.75) is 0 Å². The molecule has 5 N–H and O–H groups in total. The van der Waals surface area contributed by atoms with Crippen molar-refractivity contribution in [3.63, 3.8) is 0 Å². The number of quaternary nitrogens is 1. The maximum Gasteiger partial charge on any atom is 0.249 e. The summed E-state index contributed by atoms with van der Waals surface area (Å²) in [6.45, 7) is 0. The van der Waals surface area contributed by atoms with Crippen molar-refractivity contribution in [3.05, 3.63) is 0 Å². The van der Waals surface area contributed by atoms with Crippen LogP contribution in [0.15, 0.2) is 0 Å². The van der Waals surface area contributed by atoms with E-state index in [9.17, 15) is 0 Å². The van der Waals surface area contributed by atoms with Gasteiger partial charge >= 0.3 is 0 Å². The van der Waals surface area contributed by atoms with Crippen LogP contribution in [0.5, 0.6) is 0 Å². The van der Waals surface area contributed by atoms with Crippen LogP contribution in [0.4, 0.5) is 4.79 Å². The van der Waals surface area contributed by atoms with Crippen LogP contribution in [0, 0.1) is 0 Å². The molecule has 4 nitrogen and oxygen atoms in total. The Morgan fingerprint density at radius 3 is 1.67 bits per heavy atom. The molecule has 5 heteroatoms. The van der Waals surface area contributed by atoms with Gasteiger partial charge in [0.1, 0.15) is 0 Å². The van der Waals surface area contributed by atoms with Crippen LogP contribution in [-0.2, 0) is 0 Å². The minimum atomic E-state index is -2.08. The Balaban J connectivity index is -0.0000000450. The molecule has 0 saturated carbocycles. The van der Waals surface area contributed by atoms with Crippen molar-refractivity contribution in [1.82, 2.24) is 6.15 Å². The van der Waals surface area contributed by atoms with E-state index in [0.717, 1.165) is 0 Å². The summed E-state index contributed by atoms with van der Waals surface area (Å²) in [6, 6.07) is 0. The number of hydrogen-bond donors (Lipinski definition) is 2. The van der Waals surface area contributed by atoms with Gasteiger partial charge in [0.2, 0.25) is 6.16 Å². The Bertz CT molecular complexity index is 33.8. The fraction of sp³-hybridized carbons (Fsp3) is 0. The SMILES string of the molecule is O=C([O-])O.[NH4+].[Sn]. The summed E-state index contributed by atoms with van der Waals surface area (Å²) in [4.78, 5) is 8.44. The standard InChI is InChI=1S/CH2O3.H3N.Sn/c2-1(3)4;;/h(H2,2,3,4);1H3;. The minimum Gasteiger partial charge on any atom is -0.565 e. The Hall–Kier alpha value is 0.0287. The molecule has 0 bridgehead atoms. The number of carbonyl (C=O) groups is 1. The van der Waals surface area contributed by atoms with Crippen LogP contribution in [-0.4, -0.2) is 35.2 Å². The van der Waals surface area contributed by atoms with E-state index < -0.39 is 6.16 Å². The second-order valence-corrected chi connectivity index (χ2v) is 0.266. The van der Waals surface area contributed by atoms with Gasteiger partial charge in [-0.05, 0) is 0 Å². The van der Waals surface area contributed by atoms with E-state index in [1.54, 1.807) is 0 Å². The first-order valence-electron chi connectivity index (χ1n) is 0.632.